The lowest BCUT2D eigenvalue weighted by Gasteiger charge is -2.29. The average Bonchev–Trinajstić information content (AvgIpc) is 2.84. The average molecular weight is 463 g/mol. The third-order valence-corrected chi connectivity index (χ3v) is 6.21. The van der Waals surface area contributed by atoms with E-state index in [1.807, 2.05) is 13.8 Å². The monoisotopic (exact) mass is 462 g/mol. The van der Waals surface area contributed by atoms with Gasteiger partial charge in [0.05, 0.1) is 6.61 Å². The van der Waals surface area contributed by atoms with Gasteiger partial charge in [-0.05, 0) is 67.7 Å². The van der Waals surface area contributed by atoms with Gasteiger partial charge in [0.1, 0.15) is 11.9 Å². The van der Waals surface area contributed by atoms with Crippen molar-refractivity contribution in [3.63, 3.8) is 0 Å². The van der Waals surface area contributed by atoms with Crippen LogP contribution in [0.15, 0.2) is 36.4 Å². The Morgan fingerprint density at radius 2 is 1.67 bits per heavy atom. The van der Waals surface area contributed by atoms with Gasteiger partial charge in [-0.15, -0.1) is 0 Å². The second-order valence-electron chi connectivity index (χ2n) is 8.72. The molecule has 0 N–H and O–H groups in total. The molecule has 2 aromatic carbocycles. The molecular weight excluding hydrogens is 429 g/mol. The maximum Gasteiger partial charge on any atom is 0.340 e. The van der Waals surface area contributed by atoms with Gasteiger partial charge in [-0.25, -0.2) is 18.0 Å². The largest absolute Gasteiger partial charge is 0.494 e. The van der Waals surface area contributed by atoms with Gasteiger partial charge in [0, 0.05) is 5.56 Å². The van der Waals surface area contributed by atoms with Crippen LogP contribution in [0.1, 0.15) is 76.7 Å². The molecule has 1 saturated carbocycles. The molecule has 1 fully saturated rings. The van der Waals surface area contributed by atoms with Crippen LogP contribution in [-0.4, -0.2) is 24.9 Å². The minimum absolute atomic E-state index is 0.158. The summed E-state index contributed by atoms with van der Waals surface area (Å²) in [6, 6.07) is 10.2. The van der Waals surface area contributed by atoms with Crippen LogP contribution in [0.25, 0.3) is 11.1 Å². The molecule has 0 amide bonds. The van der Waals surface area contributed by atoms with E-state index in [9.17, 15) is 18.0 Å². The first-order valence-corrected chi connectivity index (χ1v) is 12.0. The summed E-state index contributed by atoms with van der Waals surface area (Å²) in [5.74, 6) is -1.96. The van der Waals surface area contributed by atoms with Gasteiger partial charge in [-0.1, -0.05) is 51.0 Å². The van der Waals surface area contributed by atoms with E-state index < -0.39 is 23.8 Å². The summed E-state index contributed by atoms with van der Waals surface area (Å²) in [4.78, 5) is 11.9. The first kappa shape index (κ1) is 25.1. The van der Waals surface area contributed by atoms with E-state index in [-0.39, 0.29) is 24.0 Å². The van der Waals surface area contributed by atoms with E-state index in [1.165, 1.54) is 0 Å². The maximum absolute atomic E-state index is 15.0. The second-order valence-corrected chi connectivity index (χ2v) is 8.72. The summed E-state index contributed by atoms with van der Waals surface area (Å²) in [6.45, 7) is 4.56. The number of hydrogen-bond acceptors (Lipinski definition) is 3. The van der Waals surface area contributed by atoms with Gasteiger partial charge in [0.25, 0.3) is 0 Å². The quantitative estimate of drug-likeness (QED) is 0.343. The second kappa shape index (κ2) is 12.1. The molecule has 0 saturated heterocycles. The Hall–Kier alpha value is -2.50. The van der Waals surface area contributed by atoms with Crippen LogP contribution in [0.4, 0.5) is 13.2 Å². The molecule has 0 heterocycles. The normalized spacial score (nSPS) is 19.2. The van der Waals surface area contributed by atoms with Gasteiger partial charge in [0.2, 0.25) is 0 Å². The Balaban J connectivity index is 1.61. The minimum Gasteiger partial charge on any atom is -0.494 e. The lowest BCUT2D eigenvalue weighted by Crippen LogP contribution is -2.28. The van der Waals surface area contributed by atoms with Gasteiger partial charge in [-0.2, -0.15) is 0 Å². The van der Waals surface area contributed by atoms with E-state index in [4.69, 9.17) is 9.47 Å². The zero-order valence-corrected chi connectivity index (χ0v) is 19.4. The van der Waals surface area contributed by atoms with Crippen LogP contribution in [-0.2, 0) is 9.53 Å². The number of hydrogen-bond donors (Lipinski definition) is 0. The molecular formula is C27H33F3O3. The molecule has 180 valence electrons. The van der Waals surface area contributed by atoms with Gasteiger partial charge in [0.15, 0.2) is 17.8 Å². The van der Waals surface area contributed by atoms with Gasteiger partial charge in [-0.3, -0.25) is 0 Å². The van der Waals surface area contributed by atoms with E-state index in [0.29, 0.717) is 55.6 Å². The molecule has 0 aromatic heterocycles. The topological polar surface area (TPSA) is 35.5 Å². The highest BCUT2D eigenvalue weighted by molar-refractivity contribution is 5.74. The van der Waals surface area contributed by atoms with Crippen molar-refractivity contribution in [2.45, 2.75) is 83.4 Å². The van der Waals surface area contributed by atoms with Gasteiger partial charge < -0.3 is 9.47 Å². The summed E-state index contributed by atoms with van der Waals surface area (Å²) in [6.07, 6.45) is 2.71. The summed E-state index contributed by atoms with van der Waals surface area (Å²) < 4.78 is 54.6. The minimum atomic E-state index is -1.59. The fourth-order valence-electron chi connectivity index (χ4n) is 4.28. The van der Waals surface area contributed by atoms with Crippen molar-refractivity contribution in [2.24, 2.45) is 0 Å². The van der Waals surface area contributed by atoms with Crippen LogP contribution >= 0.6 is 0 Å². The molecule has 33 heavy (non-hydrogen) atoms. The predicted octanol–water partition coefficient (Wildman–Crippen LogP) is 7.52. The number of unbranched alkanes of at least 4 members (excludes halogenated alkanes) is 1. The van der Waals surface area contributed by atoms with Crippen molar-refractivity contribution in [2.75, 3.05) is 6.61 Å². The molecule has 3 rings (SSSR count). The Bertz CT molecular complexity index is 906. The van der Waals surface area contributed by atoms with Crippen molar-refractivity contribution in [3.05, 3.63) is 53.6 Å². The van der Waals surface area contributed by atoms with Crippen molar-refractivity contribution in [1.82, 2.24) is 0 Å². The Morgan fingerprint density at radius 1 is 0.970 bits per heavy atom. The molecule has 0 bridgehead atoms. The standard InChI is InChI=1S/C27H33F3O3/c1-3-5-6-24(28)27(31)33-21-13-9-19(10-14-21)23-16-15-22(25(29)26(23)30)18-7-11-20(12-8-18)32-17-4-2/h7-8,11-12,15-16,19,21,24H,3-6,9-10,13-14,17H2,1-2H3/t19?,21?,24-/m0/s1. The number of esters is 1. The van der Waals surface area contributed by atoms with Crippen LogP contribution in [0.3, 0.4) is 0 Å². The van der Waals surface area contributed by atoms with Crippen molar-refractivity contribution < 1.29 is 27.4 Å². The first-order chi connectivity index (χ1) is 15.9. The highest BCUT2D eigenvalue weighted by Gasteiger charge is 2.30. The van der Waals surface area contributed by atoms with Crippen molar-refractivity contribution >= 4 is 5.97 Å². The maximum atomic E-state index is 15.0. The number of carbonyl (C=O) groups is 1. The molecule has 0 spiro atoms. The van der Waals surface area contributed by atoms with E-state index in [0.717, 1.165) is 12.8 Å². The van der Waals surface area contributed by atoms with E-state index in [2.05, 4.69) is 0 Å². The molecule has 1 aliphatic carbocycles. The van der Waals surface area contributed by atoms with Crippen LogP contribution in [0.5, 0.6) is 5.75 Å². The number of benzene rings is 2. The lowest BCUT2D eigenvalue weighted by molar-refractivity contribution is -0.157. The zero-order valence-electron chi connectivity index (χ0n) is 19.4. The SMILES string of the molecule is CCCC[C@H](F)C(=O)OC1CCC(c2ccc(-c3ccc(OCCC)cc3)c(F)c2F)CC1. The summed E-state index contributed by atoms with van der Waals surface area (Å²) in [7, 11) is 0. The van der Waals surface area contributed by atoms with Gasteiger partial charge >= 0.3 is 5.97 Å². The third-order valence-electron chi connectivity index (χ3n) is 6.21. The fourth-order valence-corrected chi connectivity index (χ4v) is 4.28. The number of halogens is 3. The third kappa shape index (κ3) is 6.52. The van der Waals surface area contributed by atoms with Crippen molar-refractivity contribution in [1.29, 1.82) is 0 Å². The molecule has 1 atom stereocenters. The molecule has 6 heteroatoms. The molecule has 0 unspecified atom stereocenters. The van der Waals surface area contributed by atoms with Crippen molar-refractivity contribution in [3.8, 4) is 16.9 Å². The fraction of sp³-hybridized carbons (Fsp3) is 0.519. The van der Waals surface area contributed by atoms with E-state index in [1.54, 1.807) is 36.4 Å². The highest BCUT2D eigenvalue weighted by atomic mass is 19.2. The van der Waals surface area contributed by atoms with E-state index >= 15 is 0 Å². The molecule has 0 aliphatic heterocycles. The lowest BCUT2D eigenvalue weighted by atomic mass is 9.82. The Kier molecular flexibility index (Phi) is 9.21. The molecule has 3 nitrogen and oxygen atoms in total. The summed E-state index contributed by atoms with van der Waals surface area (Å²) in [5.41, 5.74) is 1.14. The molecule has 2 aromatic rings. The number of carbonyl (C=O) groups excluding carboxylic acids is 1. The predicted molar refractivity (Wildman–Crippen MR) is 123 cm³/mol. The van der Waals surface area contributed by atoms with Crippen LogP contribution < -0.4 is 4.74 Å². The number of ether oxygens (including phenoxy) is 2. The summed E-state index contributed by atoms with van der Waals surface area (Å²) in [5, 5.41) is 0. The van der Waals surface area contributed by atoms with Crippen LogP contribution in [0.2, 0.25) is 0 Å². The van der Waals surface area contributed by atoms with Crippen LogP contribution in [0, 0.1) is 11.6 Å². The first-order valence-electron chi connectivity index (χ1n) is 12.0. The Morgan fingerprint density at radius 3 is 2.30 bits per heavy atom. The molecule has 1 aliphatic rings. The summed E-state index contributed by atoms with van der Waals surface area (Å²) >= 11 is 0. The Labute approximate surface area is 194 Å². The highest BCUT2D eigenvalue weighted by Crippen LogP contribution is 2.38. The molecule has 0 radical (unpaired) electrons. The smallest absolute Gasteiger partial charge is 0.340 e. The number of alkyl halides is 1. The number of rotatable bonds is 10. The zero-order chi connectivity index (χ0) is 23.8.